The Morgan fingerprint density at radius 3 is 2.52 bits per heavy atom. The molecule has 0 saturated heterocycles. The Labute approximate surface area is 184 Å². The van der Waals surface area contributed by atoms with E-state index in [-0.39, 0.29) is 28.0 Å². The van der Waals surface area contributed by atoms with Gasteiger partial charge >= 0.3 is 5.76 Å². The summed E-state index contributed by atoms with van der Waals surface area (Å²) in [5, 5.41) is 0. The van der Waals surface area contributed by atoms with Crippen LogP contribution in [-0.2, 0) is 21.9 Å². The van der Waals surface area contributed by atoms with Crippen LogP contribution in [0.15, 0.2) is 15.3 Å². The number of fused-ring (bicyclic) bond motifs is 7. The lowest BCUT2D eigenvalue weighted by molar-refractivity contribution is -0.109. The first kappa shape index (κ1) is 21.3. The van der Waals surface area contributed by atoms with Gasteiger partial charge < -0.3 is 4.42 Å². The smallest absolute Gasteiger partial charge is 0.408 e. The number of aromatic nitrogens is 1. The van der Waals surface area contributed by atoms with Crippen LogP contribution in [0.2, 0.25) is 0 Å². The Balaban J connectivity index is 1.60. The van der Waals surface area contributed by atoms with Crippen LogP contribution in [0.4, 0.5) is 0 Å². The highest BCUT2D eigenvalue weighted by atomic mass is 32.2. The third-order valence-corrected chi connectivity index (χ3v) is 10.1. The first-order valence-corrected chi connectivity index (χ1v) is 13.3. The molecule has 7 heteroatoms. The lowest BCUT2D eigenvalue weighted by Crippen LogP contribution is -2.61. The number of rotatable bonds is 2. The number of nitrogens with one attached hydrogen (secondary N) is 2. The maximum atomic E-state index is 12.0. The monoisotopic (exact) mass is 446 g/mol. The summed E-state index contributed by atoms with van der Waals surface area (Å²) in [6, 6.07) is 2.03. The van der Waals surface area contributed by atoms with Crippen LogP contribution in [0.3, 0.4) is 0 Å². The molecular weight excluding hydrogens is 412 g/mol. The number of aryl methyl sites for hydroxylation is 1. The predicted octanol–water partition coefficient (Wildman–Crippen LogP) is 4.01. The average Bonchev–Trinajstić information content (AvgIpc) is 3.14. The largest absolute Gasteiger partial charge is 0.417 e. The second-order valence-electron chi connectivity index (χ2n) is 11.5. The van der Waals surface area contributed by atoms with E-state index in [1.807, 2.05) is 0 Å². The molecule has 5 rings (SSSR count). The minimum absolute atomic E-state index is 0.0372. The molecule has 3 aliphatic rings. The topological polar surface area (TPSA) is 92.2 Å². The van der Waals surface area contributed by atoms with E-state index in [2.05, 4.69) is 50.4 Å². The number of oxazole rings is 1. The molecular formula is C24H34N2O4S. The number of hydrogen-bond acceptors (Lipinski definition) is 4. The molecule has 170 valence electrons. The van der Waals surface area contributed by atoms with Crippen LogP contribution in [0.5, 0.6) is 0 Å². The van der Waals surface area contributed by atoms with Gasteiger partial charge in [0.05, 0.1) is 11.8 Å². The van der Waals surface area contributed by atoms with Crippen molar-refractivity contribution >= 4 is 21.1 Å². The van der Waals surface area contributed by atoms with E-state index in [9.17, 15) is 13.2 Å². The Morgan fingerprint density at radius 1 is 1.13 bits per heavy atom. The second-order valence-corrected chi connectivity index (χ2v) is 13.3. The molecule has 1 aromatic carbocycles. The van der Waals surface area contributed by atoms with Gasteiger partial charge in [-0.05, 0) is 84.3 Å². The predicted molar refractivity (Wildman–Crippen MR) is 122 cm³/mol. The minimum atomic E-state index is -3.25. The molecule has 1 aromatic heterocycles. The Kier molecular flexibility index (Phi) is 4.29. The van der Waals surface area contributed by atoms with E-state index in [4.69, 9.17) is 4.42 Å². The lowest BCUT2D eigenvalue weighted by Gasteiger charge is -2.63. The van der Waals surface area contributed by atoms with Gasteiger partial charge in [0.25, 0.3) is 0 Å². The zero-order chi connectivity index (χ0) is 22.6. The van der Waals surface area contributed by atoms with Gasteiger partial charge in [0.1, 0.15) is 0 Å². The standard InChI is InChI=1S/C24H34N2O4S/c1-13-11-15-20(30-21(27)25-15)14-12-17-23(4)10-8-18(26-31(6,28)29)22(2,3)16(23)7-9-24(17,5)19(13)14/h11,16-18,26H,7-10,12H2,1-6H3,(H,25,27). The van der Waals surface area contributed by atoms with Crippen molar-refractivity contribution in [2.75, 3.05) is 6.26 Å². The van der Waals surface area contributed by atoms with E-state index in [1.54, 1.807) is 0 Å². The highest BCUT2D eigenvalue weighted by Gasteiger charge is 2.63. The van der Waals surface area contributed by atoms with Crippen molar-refractivity contribution < 1.29 is 12.8 Å². The highest BCUT2D eigenvalue weighted by Crippen LogP contribution is 2.68. The second kappa shape index (κ2) is 6.25. The first-order chi connectivity index (χ1) is 14.3. The summed E-state index contributed by atoms with van der Waals surface area (Å²) < 4.78 is 32.6. The van der Waals surface area contributed by atoms with Crippen molar-refractivity contribution in [2.45, 2.75) is 78.2 Å². The molecule has 0 aliphatic heterocycles. The molecule has 0 bridgehead atoms. The van der Waals surface area contributed by atoms with E-state index in [1.165, 1.54) is 22.9 Å². The molecule has 3 aliphatic carbocycles. The fourth-order valence-corrected chi connectivity index (χ4v) is 9.22. The van der Waals surface area contributed by atoms with E-state index < -0.39 is 10.0 Å². The zero-order valence-corrected chi connectivity index (χ0v) is 20.2. The van der Waals surface area contributed by atoms with Gasteiger partial charge in [0, 0.05) is 11.6 Å². The molecule has 2 saturated carbocycles. The summed E-state index contributed by atoms with van der Waals surface area (Å²) in [6.07, 6.45) is 6.18. The SMILES string of the molecule is Cc1cc2[nH]c(=O)oc2c2c1C1(C)CCC3C(C)(C)C(NS(C)(=O)=O)CCC3(C)C1C2. The molecule has 6 nitrogen and oxygen atoms in total. The van der Waals surface area contributed by atoms with Gasteiger partial charge in [0.2, 0.25) is 10.0 Å². The van der Waals surface area contributed by atoms with Crippen LogP contribution in [-0.4, -0.2) is 25.7 Å². The van der Waals surface area contributed by atoms with Gasteiger partial charge in [-0.1, -0.05) is 27.7 Å². The molecule has 2 fully saturated rings. The van der Waals surface area contributed by atoms with Crippen LogP contribution < -0.4 is 10.5 Å². The maximum Gasteiger partial charge on any atom is 0.417 e. The summed E-state index contributed by atoms with van der Waals surface area (Å²) in [5.74, 6) is 0.478. The molecule has 0 spiro atoms. The van der Waals surface area contributed by atoms with Crippen LogP contribution in [0.25, 0.3) is 11.1 Å². The molecule has 2 aromatic rings. The van der Waals surface area contributed by atoms with Crippen molar-refractivity contribution in [3.63, 3.8) is 0 Å². The summed E-state index contributed by atoms with van der Waals surface area (Å²) >= 11 is 0. The van der Waals surface area contributed by atoms with Gasteiger partial charge in [-0.15, -0.1) is 0 Å². The third-order valence-electron chi connectivity index (χ3n) is 9.42. The third kappa shape index (κ3) is 2.85. The average molecular weight is 447 g/mol. The van der Waals surface area contributed by atoms with Crippen molar-refractivity contribution in [2.24, 2.45) is 22.7 Å². The molecule has 5 atom stereocenters. The van der Waals surface area contributed by atoms with E-state index >= 15 is 0 Å². The molecule has 0 radical (unpaired) electrons. The fraction of sp³-hybridized carbons (Fsp3) is 0.708. The maximum absolute atomic E-state index is 12.0. The van der Waals surface area contributed by atoms with Gasteiger partial charge in [-0.2, -0.15) is 0 Å². The van der Waals surface area contributed by atoms with Crippen molar-refractivity contribution in [3.05, 3.63) is 33.3 Å². The fourth-order valence-electron chi connectivity index (χ4n) is 8.29. The van der Waals surface area contributed by atoms with Crippen LogP contribution >= 0.6 is 0 Å². The van der Waals surface area contributed by atoms with Gasteiger partial charge in [-0.3, -0.25) is 4.98 Å². The van der Waals surface area contributed by atoms with Gasteiger partial charge in [0.15, 0.2) is 5.58 Å². The van der Waals surface area contributed by atoms with Crippen molar-refractivity contribution in [1.82, 2.24) is 9.71 Å². The Morgan fingerprint density at radius 2 is 1.84 bits per heavy atom. The van der Waals surface area contributed by atoms with E-state index in [0.29, 0.717) is 11.8 Å². The molecule has 2 N–H and O–H groups in total. The van der Waals surface area contributed by atoms with Crippen LogP contribution in [0.1, 0.15) is 70.1 Å². The Bertz CT molecular complexity index is 1240. The van der Waals surface area contributed by atoms with Crippen molar-refractivity contribution in [3.8, 4) is 0 Å². The molecule has 1 heterocycles. The molecule has 0 amide bonds. The molecule has 31 heavy (non-hydrogen) atoms. The number of H-pyrrole nitrogens is 1. The van der Waals surface area contributed by atoms with E-state index in [0.717, 1.165) is 43.2 Å². The summed E-state index contributed by atoms with van der Waals surface area (Å²) in [6.45, 7) is 11.5. The number of benzene rings is 1. The lowest BCUT2D eigenvalue weighted by atomic mass is 9.42. The van der Waals surface area contributed by atoms with Crippen molar-refractivity contribution in [1.29, 1.82) is 0 Å². The number of sulfonamides is 1. The number of aromatic amines is 1. The quantitative estimate of drug-likeness (QED) is 0.729. The normalized spacial score (nSPS) is 36.8. The first-order valence-electron chi connectivity index (χ1n) is 11.4. The zero-order valence-electron chi connectivity index (χ0n) is 19.4. The molecule has 5 unspecified atom stereocenters. The number of hydrogen-bond donors (Lipinski definition) is 2. The Hall–Kier alpha value is -1.60. The summed E-state index contributed by atoms with van der Waals surface area (Å²) in [7, 11) is -3.25. The summed E-state index contributed by atoms with van der Waals surface area (Å²) in [5.41, 5.74) is 5.36. The van der Waals surface area contributed by atoms with Gasteiger partial charge in [-0.25, -0.2) is 17.9 Å². The highest BCUT2D eigenvalue weighted by molar-refractivity contribution is 7.88. The summed E-state index contributed by atoms with van der Waals surface area (Å²) in [4.78, 5) is 14.8. The van der Waals surface area contributed by atoms with Crippen LogP contribution in [0, 0.1) is 29.6 Å². The minimum Gasteiger partial charge on any atom is -0.408 e.